The Labute approximate surface area is 176 Å². The summed E-state index contributed by atoms with van der Waals surface area (Å²) in [4.78, 5) is 13.4. The Morgan fingerprint density at radius 3 is 2.40 bits per heavy atom. The van der Waals surface area contributed by atoms with Crippen LogP contribution in [-0.2, 0) is 4.79 Å². The van der Waals surface area contributed by atoms with E-state index in [2.05, 4.69) is 10.2 Å². The highest BCUT2D eigenvalue weighted by molar-refractivity contribution is 5.73. The Morgan fingerprint density at radius 1 is 1.17 bits per heavy atom. The summed E-state index contributed by atoms with van der Waals surface area (Å²) in [5.74, 6) is -1.68. The molecular weight excluding hydrogens is 390 g/mol. The summed E-state index contributed by atoms with van der Waals surface area (Å²) in [5, 5.41) is 2.86. The van der Waals surface area contributed by atoms with Gasteiger partial charge in [-0.3, -0.25) is 4.79 Å². The molecule has 2 aromatic rings. The van der Waals surface area contributed by atoms with Crippen LogP contribution in [0.25, 0.3) is 0 Å². The molecule has 0 radical (unpaired) electrons. The van der Waals surface area contributed by atoms with Gasteiger partial charge in [-0.15, -0.1) is 0 Å². The second-order valence-corrected chi connectivity index (χ2v) is 7.82. The Hall–Kier alpha value is -2.83. The summed E-state index contributed by atoms with van der Waals surface area (Å²) in [6.45, 7) is 5.25. The largest absolute Gasteiger partial charge is 0.489 e. The lowest BCUT2D eigenvalue weighted by Gasteiger charge is -2.20. The van der Waals surface area contributed by atoms with Crippen molar-refractivity contribution in [1.29, 1.82) is 0 Å². The predicted molar refractivity (Wildman–Crippen MR) is 112 cm³/mol. The van der Waals surface area contributed by atoms with Crippen LogP contribution in [0.3, 0.4) is 0 Å². The van der Waals surface area contributed by atoms with Crippen molar-refractivity contribution in [2.75, 3.05) is 24.6 Å². The molecular formula is C23H28F2N2O3. The summed E-state index contributed by atoms with van der Waals surface area (Å²) in [5.41, 5.74) is 2.03. The number of anilines is 1. The van der Waals surface area contributed by atoms with Crippen molar-refractivity contribution in [3.8, 4) is 11.5 Å². The third-order valence-corrected chi connectivity index (χ3v) is 4.94. The SMILES string of the molecule is CC(=O)NC(C)c1ccc(OC2CCN(c3ccc(OCC(C)(F)F)cc3)C2)cc1. The zero-order valence-electron chi connectivity index (χ0n) is 17.5. The molecule has 30 heavy (non-hydrogen) atoms. The van der Waals surface area contributed by atoms with Gasteiger partial charge in [0.2, 0.25) is 5.91 Å². The monoisotopic (exact) mass is 418 g/mol. The summed E-state index contributed by atoms with van der Waals surface area (Å²) in [6.07, 6.45) is 0.961. The fourth-order valence-electron chi connectivity index (χ4n) is 3.44. The summed E-state index contributed by atoms with van der Waals surface area (Å²) >= 11 is 0. The molecule has 5 nitrogen and oxygen atoms in total. The maximum absolute atomic E-state index is 12.9. The third-order valence-electron chi connectivity index (χ3n) is 4.94. The molecule has 1 saturated heterocycles. The van der Waals surface area contributed by atoms with E-state index in [0.717, 1.165) is 43.4 Å². The van der Waals surface area contributed by atoms with Crippen molar-refractivity contribution < 1.29 is 23.0 Å². The zero-order chi connectivity index (χ0) is 21.7. The molecule has 1 heterocycles. The van der Waals surface area contributed by atoms with E-state index in [1.54, 1.807) is 12.1 Å². The molecule has 0 bridgehead atoms. The number of carbonyl (C=O) groups is 1. The number of nitrogens with zero attached hydrogens (tertiary/aromatic N) is 1. The molecule has 1 aliphatic heterocycles. The topological polar surface area (TPSA) is 50.8 Å². The zero-order valence-corrected chi connectivity index (χ0v) is 17.5. The van der Waals surface area contributed by atoms with Gasteiger partial charge in [-0.2, -0.15) is 0 Å². The summed E-state index contributed by atoms with van der Waals surface area (Å²) < 4.78 is 37.0. The van der Waals surface area contributed by atoms with Gasteiger partial charge in [-0.1, -0.05) is 12.1 Å². The van der Waals surface area contributed by atoms with Crippen LogP contribution < -0.4 is 19.7 Å². The number of benzene rings is 2. The maximum atomic E-state index is 12.9. The number of carbonyl (C=O) groups excluding carboxylic acids is 1. The van der Waals surface area contributed by atoms with Crippen LogP contribution in [0.4, 0.5) is 14.5 Å². The summed E-state index contributed by atoms with van der Waals surface area (Å²) in [7, 11) is 0. The molecule has 7 heteroatoms. The van der Waals surface area contributed by atoms with Crippen molar-refractivity contribution in [3.05, 3.63) is 54.1 Å². The van der Waals surface area contributed by atoms with Gasteiger partial charge in [0, 0.05) is 32.5 Å². The first-order chi connectivity index (χ1) is 14.2. The molecule has 1 N–H and O–H groups in total. The highest BCUT2D eigenvalue weighted by Crippen LogP contribution is 2.27. The second-order valence-electron chi connectivity index (χ2n) is 7.82. The molecule has 162 valence electrons. The van der Waals surface area contributed by atoms with Crippen LogP contribution >= 0.6 is 0 Å². The van der Waals surface area contributed by atoms with Gasteiger partial charge < -0.3 is 19.7 Å². The molecule has 2 aromatic carbocycles. The molecule has 0 aliphatic carbocycles. The van der Waals surface area contributed by atoms with Gasteiger partial charge in [-0.05, 0) is 48.9 Å². The number of halogens is 2. The van der Waals surface area contributed by atoms with E-state index in [0.29, 0.717) is 5.75 Å². The van der Waals surface area contributed by atoms with Crippen LogP contribution in [0.5, 0.6) is 11.5 Å². The molecule has 1 fully saturated rings. The van der Waals surface area contributed by atoms with Gasteiger partial charge in [-0.25, -0.2) is 8.78 Å². The predicted octanol–water partition coefficient (Wildman–Crippen LogP) is 4.58. The van der Waals surface area contributed by atoms with E-state index >= 15 is 0 Å². The molecule has 0 saturated carbocycles. The number of rotatable bonds is 8. The lowest BCUT2D eigenvalue weighted by atomic mass is 10.1. The lowest BCUT2D eigenvalue weighted by Crippen LogP contribution is -2.25. The molecule has 3 rings (SSSR count). The van der Waals surface area contributed by atoms with Crippen molar-refractivity contribution >= 4 is 11.6 Å². The number of amides is 1. The van der Waals surface area contributed by atoms with Crippen LogP contribution in [0.2, 0.25) is 0 Å². The van der Waals surface area contributed by atoms with E-state index in [1.807, 2.05) is 43.3 Å². The molecule has 0 aromatic heterocycles. The first-order valence-corrected chi connectivity index (χ1v) is 10.1. The van der Waals surface area contributed by atoms with Crippen molar-refractivity contribution in [2.45, 2.75) is 45.3 Å². The minimum absolute atomic E-state index is 0.0472. The minimum atomic E-state index is -2.85. The van der Waals surface area contributed by atoms with E-state index in [9.17, 15) is 13.6 Å². The summed E-state index contributed by atoms with van der Waals surface area (Å²) in [6, 6.07) is 14.9. The fourth-order valence-corrected chi connectivity index (χ4v) is 3.44. The number of alkyl halides is 2. The van der Waals surface area contributed by atoms with Crippen molar-refractivity contribution in [1.82, 2.24) is 5.32 Å². The standard InChI is InChI=1S/C23H28F2N2O3/c1-16(26-17(2)28)18-4-8-21(9-5-18)30-22-12-13-27(14-22)19-6-10-20(11-7-19)29-15-23(3,24)25/h4-11,16,22H,12-15H2,1-3H3,(H,26,28). The van der Waals surface area contributed by atoms with E-state index in [1.165, 1.54) is 6.92 Å². The smallest absolute Gasteiger partial charge is 0.278 e. The van der Waals surface area contributed by atoms with Gasteiger partial charge in [0.25, 0.3) is 5.92 Å². The minimum Gasteiger partial charge on any atom is -0.489 e. The second kappa shape index (κ2) is 9.32. The van der Waals surface area contributed by atoms with Crippen LogP contribution in [0, 0.1) is 0 Å². The van der Waals surface area contributed by atoms with Crippen molar-refractivity contribution in [2.24, 2.45) is 0 Å². The molecule has 2 unspecified atom stereocenters. The number of nitrogens with one attached hydrogen (secondary N) is 1. The first kappa shape index (κ1) is 21.9. The quantitative estimate of drug-likeness (QED) is 0.682. The van der Waals surface area contributed by atoms with E-state index < -0.39 is 12.5 Å². The Balaban J connectivity index is 1.51. The van der Waals surface area contributed by atoms with E-state index in [-0.39, 0.29) is 18.1 Å². The molecule has 1 amide bonds. The Bertz CT molecular complexity index is 835. The van der Waals surface area contributed by atoms with E-state index in [4.69, 9.17) is 9.47 Å². The molecule has 1 aliphatic rings. The van der Waals surface area contributed by atoms with Crippen molar-refractivity contribution in [3.63, 3.8) is 0 Å². The molecule has 2 atom stereocenters. The highest BCUT2D eigenvalue weighted by atomic mass is 19.3. The Kier molecular flexibility index (Phi) is 6.80. The number of hydrogen-bond donors (Lipinski definition) is 1. The third kappa shape index (κ3) is 6.34. The van der Waals surface area contributed by atoms with Crippen LogP contribution in [0.15, 0.2) is 48.5 Å². The fraction of sp³-hybridized carbons (Fsp3) is 0.435. The van der Waals surface area contributed by atoms with Gasteiger partial charge in [0.05, 0.1) is 12.6 Å². The number of ether oxygens (including phenoxy) is 2. The highest BCUT2D eigenvalue weighted by Gasteiger charge is 2.25. The van der Waals surface area contributed by atoms with Gasteiger partial charge >= 0.3 is 0 Å². The van der Waals surface area contributed by atoms with Crippen LogP contribution in [0.1, 0.15) is 38.8 Å². The average molecular weight is 418 g/mol. The van der Waals surface area contributed by atoms with Gasteiger partial charge in [0.15, 0.2) is 6.61 Å². The maximum Gasteiger partial charge on any atom is 0.278 e. The Morgan fingerprint density at radius 2 is 1.80 bits per heavy atom. The number of hydrogen-bond acceptors (Lipinski definition) is 4. The lowest BCUT2D eigenvalue weighted by molar-refractivity contribution is -0.119. The van der Waals surface area contributed by atoms with Gasteiger partial charge in [0.1, 0.15) is 17.6 Å². The van der Waals surface area contributed by atoms with Crippen LogP contribution in [-0.4, -0.2) is 37.6 Å². The first-order valence-electron chi connectivity index (χ1n) is 10.1. The normalized spacial score (nSPS) is 17.5. The average Bonchev–Trinajstić information content (AvgIpc) is 3.15. The molecule has 0 spiro atoms.